The molecule has 1 aliphatic heterocycles. The number of nitrogens with zero attached hydrogens (tertiary/aromatic N) is 2. The van der Waals surface area contributed by atoms with Crippen molar-refractivity contribution < 1.29 is 8.42 Å². The Labute approximate surface area is 121 Å². The minimum atomic E-state index is -3.34. The maximum absolute atomic E-state index is 12.3. The molecule has 0 fully saturated rings. The fraction of sp³-hybridized carbons (Fsp3) is 0.467. The lowest BCUT2D eigenvalue weighted by molar-refractivity contribution is 0.394. The molecule has 0 N–H and O–H groups in total. The second-order valence-corrected chi connectivity index (χ2v) is 7.64. The minimum absolute atomic E-state index is 0.454. The van der Waals surface area contributed by atoms with Crippen molar-refractivity contribution in [3.05, 3.63) is 41.0 Å². The van der Waals surface area contributed by atoms with E-state index < -0.39 is 10.2 Å². The monoisotopic (exact) mass is 294 g/mol. The van der Waals surface area contributed by atoms with Crippen molar-refractivity contribution >= 4 is 15.8 Å². The third-order valence-corrected chi connectivity index (χ3v) is 5.66. The Morgan fingerprint density at radius 2 is 1.70 bits per heavy atom. The quantitative estimate of drug-likeness (QED) is 0.858. The molecule has 0 aromatic heterocycles. The fourth-order valence-corrected chi connectivity index (χ4v) is 3.43. The van der Waals surface area contributed by atoms with Gasteiger partial charge in [-0.25, -0.2) is 0 Å². The summed E-state index contributed by atoms with van der Waals surface area (Å²) in [4.78, 5) is 0. The molecule has 1 heterocycles. The smallest absolute Gasteiger partial charge is 0.195 e. The summed E-state index contributed by atoms with van der Waals surface area (Å²) in [6, 6.07) is 8.27. The third-order valence-electron chi connectivity index (χ3n) is 3.77. The van der Waals surface area contributed by atoms with Crippen molar-refractivity contribution in [2.45, 2.75) is 20.3 Å². The highest BCUT2D eigenvalue weighted by molar-refractivity contribution is 7.86. The van der Waals surface area contributed by atoms with Crippen molar-refractivity contribution in [3.63, 3.8) is 0 Å². The SMILES string of the molecule is CC1=C(c2ccc(C)cc2)CN(S(=O)(=O)N(C)C)CC1. The fourth-order valence-electron chi connectivity index (χ4n) is 2.35. The largest absolute Gasteiger partial charge is 0.281 e. The first-order valence-corrected chi connectivity index (χ1v) is 8.15. The van der Waals surface area contributed by atoms with Crippen molar-refractivity contribution in [1.82, 2.24) is 8.61 Å². The summed E-state index contributed by atoms with van der Waals surface area (Å²) in [6.07, 6.45) is 0.788. The first-order valence-electron chi connectivity index (χ1n) is 6.75. The Kier molecular flexibility index (Phi) is 4.32. The number of benzene rings is 1. The molecule has 0 amide bonds. The molecule has 0 bridgehead atoms. The van der Waals surface area contributed by atoms with Crippen LogP contribution in [0, 0.1) is 6.92 Å². The van der Waals surface area contributed by atoms with E-state index in [1.54, 1.807) is 18.4 Å². The first-order chi connectivity index (χ1) is 9.32. The van der Waals surface area contributed by atoms with E-state index in [4.69, 9.17) is 0 Å². The average molecular weight is 294 g/mol. The Bertz CT molecular complexity index is 616. The Hall–Kier alpha value is -1.17. The number of rotatable bonds is 3. The summed E-state index contributed by atoms with van der Waals surface area (Å²) in [6.45, 7) is 5.15. The van der Waals surface area contributed by atoms with Crippen molar-refractivity contribution in [1.29, 1.82) is 0 Å². The molecule has 1 aromatic carbocycles. The van der Waals surface area contributed by atoms with Gasteiger partial charge in [-0.15, -0.1) is 0 Å². The number of aryl methyl sites for hydroxylation is 1. The predicted molar refractivity (Wildman–Crippen MR) is 82.6 cm³/mol. The van der Waals surface area contributed by atoms with Gasteiger partial charge in [0.05, 0.1) is 0 Å². The van der Waals surface area contributed by atoms with Crippen molar-refractivity contribution in [3.8, 4) is 0 Å². The van der Waals surface area contributed by atoms with Crippen LogP contribution >= 0.6 is 0 Å². The molecule has 5 heteroatoms. The second kappa shape index (κ2) is 5.68. The predicted octanol–water partition coefficient (Wildman–Crippen LogP) is 2.28. The van der Waals surface area contributed by atoms with E-state index >= 15 is 0 Å². The van der Waals surface area contributed by atoms with Gasteiger partial charge < -0.3 is 0 Å². The summed E-state index contributed by atoms with van der Waals surface area (Å²) in [5.74, 6) is 0. The van der Waals surface area contributed by atoms with Crippen LogP contribution in [0.4, 0.5) is 0 Å². The summed E-state index contributed by atoms with van der Waals surface area (Å²) < 4.78 is 27.3. The Balaban J connectivity index is 2.32. The zero-order valence-corrected chi connectivity index (χ0v) is 13.4. The van der Waals surface area contributed by atoms with Gasteiger partial charge in [-0.1, -0.05) is 35.4 Å². The molecule has 2 rings (SSSR count). The molecule has 0 spiro atoms. The Morgan fingerprint density at radius 1 is 1.10 bits per heavy atom. The van der Waals surface area contributed by atoms with Gasteiger partial charge in [-0.05, 0) is 31.4 Å². The molecule has 0 saturated heterocycles. The topological polar surface area (TPSA) is 40.6 Å². The van der Waals surface area contributed by atoms with Crippen molar-refractivity contribution in [2.75, 3.05) is 27.2 Å². The minimum Gasteiger partial charge on any atom is -0.195 e. The second-order valence-electron chi connectivity index (χ2n) is 5.50. The maximum atomic E-state index is 12.3. The molecule has 0 radical (unpaired) electrons. The van der Waals surface area contributed by atoms with Crippen LogP contribution in [0.2, 0.25) is 0 Å². The maximum Gasteiger partial charge on any atom is 0.281 e. The summed E-state index contributed by atoms with van der Waals surface area (Å²) >= 11 is 0. The molecule has 110 valence electrons. The Morgan fingerprint density at radius 3 is 2.25 bits per heavy atom. The highest BCUT2D eigenvalue weighted by Crippen LogP contribution is 2.28. The van der Waals surface area contributed by atoms with Gasteiger partial charge in [0, 0.05) is 27.2 Å². The standard InChI is InChI=1S/C15H22N2O2S/c1-12-5-7-14(8-6-12)15-11-17(10-9-13(15)2)20(18,19)16(3)4/h5-8H,9-11H2,1-4H3. The van der Waals surface area contributed by atoms with Crippen LogP contribution in [0.1, 0.15) is 24.5 Å². The van der Waals surface area contributed by atoms with E-state index in [2.05, 4.69) is 38.1 Å². The van der Waals surface area contributed by atoms with Gasteiger partial charge >= 0.3 is 0 Å². The molecule has 1 aliphatic rings. The average Bonchev–Trinajstić information content (AvgIpc) is 2.40. The molecule has 0 saturated carbocycles. The van der Waals surface area contributed by atoms with Crippen molar-refractivity contribution in [2.24, 2.45) is 0 Å². The van der Waals surface area contributed by atoms with Crippen LogP contribution in [0.15, 0.2) is 29.8 Å². The molecule has 0 atom stereocenters. The van der Waals surface area contributed by atoms with Crippen LogP contribution in [-0.4, -0.2) is 44.2 Å². The van der Waals surface area contributed by atoms with E-state index in [1.807, 2.05) is 0 Å². The zero-order chi connectivity index (χ0) is 14.9. The normalized spacial score (nSPS) is 17.9. The van der Waals surface area contributed by atoms with Crippen LogP contribution in [0.5, 0.6) is 0 Å². The third kappa shape index (κ3) is 2.95. The number of hydrogen-bond acceptors (Lipinski definition) is 2. The van der Waals surface area contributed by atoms with E-state index in [-0.39, 0.29) is 0 Å². The highest BCUT2D eigenvalue weighted by Gasteiger charge is 2.28. The molecule has 1 aromatic rings. The zero-order valence-electron chi connectivity index (χ0n) is 12.5. The first kappa shape index (κ1) is 15.2. The van der Waals surface area contributed by atoms with E-state index in [9.17, 15) is 8.42 Å². The van der Waals surface area contributed by atoms with Gasteiger partial charge in [-0.3, -0.25) is 0 Å². The van der Waals surface area contributed by atoms with Gasteiger partial charge in [0.25, 0.3) is 10.2 Å². The molecule has 4 nitrogen and oxygen atoms in total. The summed E-state index contributed by atoms with van der Waals surface area (Å²) in [5, 5.41) is 0. The lowest BCUT2D eigenvalue weighted by Crippen LogP contribution is -2.43. The van der Waals surface area contributed by atoms with Gasteiger partial charge in [-0.2, -0.15) is 17.0 Å². The summed E-state index contributed by atoms with van der Waals surface area (Å²) in [7, 11) is -0.189. The van der Waals surface area contributed by atoms with E-state index in [1.165, 1.54) is 15.4 Å². The van der Waals surface area contributed by atoms with E-state index in [0.29, 0.717) is 13.1 Å². The lowest BCUT2D eigenvalue weighted by atomic mass is 9.95. The van der Waals surface area contributed by atoms with Crippen LogP contribution in [0.25, 0.3) is 5.57 Å². The highest BCUT2D eigenvalue weighted by atomic mass is 32.2. The lowest BCUT2D eigenvalue weighted by Gasteiger charge is -2.31. The molecular formula is C15H22N2O2S. The summed E-state index contributed by atoms with van der Waals surface area (Å²) in [5.41, 5.74) is 4.73. The number of hydrogen-bond donors (Lipinski definition) is 0. The van der Waals surface area contributed by atoms with Gasteiger partial charge in [0.15, 0.2) is 0 Å². The molecule has 0 aliphatic carbocycles. The van der Waals surface area contributed by atoms with Crippen LogP contribution in [0.3, 0.4) is 0 Å². The van der Waals surface area contributed by atoms with Crippen LogP contribution < -0.4 is 0 Å². The van der Waals surface area contributed by atoms with Gasteiger partial charge in [0.2, 0.25) is 0 Å². The van der Waals surface area contributed by atoms with E-state index in [0.717, 1.165) is 17.6 Å². The molecule has 20 heavy (non-hydrogen) atoms. The van der Waals surface area contributed by atoms with Crippen LogP contribution in [-0.2, 0) is 10.2 Å². The molecular weight excluding hydrogens is 272 g/mol. The molecule has 0 unspecified atom stereocenters. The van der Waals surface area contributed by atoms with Gasteiger partial charge in [0.1, 0.15) is 0 Å².